The molecule has 3 aromatic rings. The summed E-state index contributed by atoms with van der Waals surface area (Å²) in [4.78, 5) is 13.3. The van der Waals surface area contributed by atoms with E-state index in [-0.39, 0.29) is 23.5 Å². The number of aliphatic carboxylic acids is 1. The quantitative estimate of drug-likeness (QED) is 0.117. The Labute approximate surface area is 316 Å². The number of phenolic OH excluding ortho intramolecular Hbond substituents is 1. The van der Waals surface area contributed by atoms with E-state index >= 15 is 0 Å². The van der Waals surface area contributed by atoms with Gasteiger partial charge in [0.15, 0.2) is 0 Å². The molecular formula is C48H59NO4. The van der Waals surface area contributed by atoms with Gasteiger partial charge in [-0.05, 0) is 135 Å². The number of rotatable bonds is 11. The highest BCUT2D eigenvalue weighted by molar-refractivity contribution is 5.73. The topological polar surface area (TPSA) is 104 Å². The van der Waals surface area contributed by atoms with Crippen LogP contribution in [-0.2, 0) is 16.6 Å². The van der Waals surface area contributed by atoms with Gasteiger partial charge in [-0.1, -0.05) is 116 Å². The molecule has 0 radical (unpaired) electrons. The molecule has 0 amide bonds. The van der Waals surface area contributed by atoms with Crippen LogP contribution in [0, 0.1) is 29.6 Å². The van der Waals surface area contributed by atoms with Crippen LogP contribution in [0.2, 0.25) is 0 Å². The monoisotopic (exact) mass is 713 g/mol. The van der Waals surface area contributed by atoms with Gasteiger partial charge in [0.2, 0.25) is 0 Å². The maximum atomic E-state index is 13.3. The van der Waals surface area contributed by atoms with Crippen LogP contribution < -0.4 is 16.2 Å². The van der Waals surface area contributed by atoms with Gasteiger partial charge in [-0.2, -0.15) is 0 Å². The van der Waals surface area contributed by atoms with Crippen molar-refractivity contribution in [3.63, 3.8) is 0 Å². The molecular weight excluding hydrogens is 655 g/mol. The number of aliphatic hydroxyl groups excluding tert-OH is 1. The second-order valence-corrected chi connectivity index (χ2v) is 16.7. The third-order valence-electron chi connectivity index (χ3n) is 13.5. The lowest BCUT2D eigenvalue weighted by molar-refractivity contribution is -0.145. The van der Waals surface area contributed by atoms with Crippen molar-refractivity contribution in [2.45, 2.75) is 108 Å². The summed E-state index contributed by atoms with van der Waals surface area (Å²) < 4.78 is 0. The predicted molar refractivity (Wildman–Crippen MR) is 215 cm³/mol. The number of benzene rings is 3. The standard InChI is InChI=1S/C48H59NO4/c49-27-25-34-19-18-33(28-34)10-3-1-2-4-12-36-13-6-8-17-45(47(52)53)48(26-24-39-31-38-14-5-7-16-42(38)46(51)44(39)32-48)40-15-9-11-35(29-40)30-43(36)37-20-22-41(50)23-21-37/h5-9,11,14-16,20-23,28-29,31,33,36,39,43-45,50-51H,1-4,10,12-13,17-19,24-27,30,32,49H2,(H,52,53)/b8-6-/t33-,36-,39+,43+,44+,45+,48-/m0/s1. The van der Waals surface area contributed by atoms with E-state index in [1.54, 1.807) is 5.57 Å². The third-order valence-corrected chi connectivity index (χ3v) is 13.5. The first-order valence-electron chi connectivity index (χ1n) is 20.5. The number of fused-ring (bicyclic) bond motifs is 5. The summed E-state index contributed by atoms with van der Waals surface area (Å²) in [6.07, 6.45) is 24.6. The molecule has 4 aliphatic carbocycles. The number of aliphatic hydroxyl groups is 1. The number of aromatic hydroxyl groups is 1. The molecule has 1 spiro atoms. The first-order chi connectivity index (χ1) is 25.8. The number of phenols is 1. The molecule has 2 bridgehead atoms. The van der Waals surface area contributed by atoms with Gasteiger partial charge in [0.25, 0.3) is 0 Å². The Balaban J connectivity index is 1.14. The van der Waals surface area contributed by atoms with E-state index < -0.39 is 17.3 Å². The molecule has 53 heavy (non-hydrogen) atoms. The van der Waals surface area contributed by atoms with Crippen molar-refractivity contribution in [3.8, 4) is 5.75 Å². The van der Waals surface area contributed by atoms with Gasteiger partial charge in [0.05, 0.1) is 5.92 Å². The molecule has 4 aliphatic rings. The molecule has 0 heterocycles. The van der Waals surface area contributed by atoms with Crippen LogP contribution in [0.1, 0.15) is 112 Å². The zero-order valence-corrected chi connectivity index (χ0v) is 31.3. The number of carboxylic acid groups (broad SMARTS) is 1. The molecule has 0 aromatic heterocycles. The lowest BCUT2D eigenvalue weighted by Crippen LogP contribution is -2.48. The minimum Gasteiger partial charge on any atom is -0.511 e. The SMILES string of the molecule is NCCC1=C[C@@H](CCCCCC[C@H]2C/C=C\C[C@H](C(=O)O)[C@]3(CC[C@@H]4C=c5ccccc5=C(O)[C@@H]4C3)c3cccc(c3)C[C@H]2c2ccc(O)cc2)CC1. The minimum atomic E-state index is -0.752. The summed E-state index contributed by atoms with van der Waals surface area (Å²) in [5.74, 6) is 0.828. The van der Waals surface area contributed by atoms with Crippen LogP contribution in [0.4, 0.5) is 0 Å². The smallest absolute Gasteiger partial charge is 0.307 e. The molecule has 7 rings (SSSR count). The number of nitrogens with two attached hydrogens (primary N) is 1. The molecule has 0 saturated heterocycles. The van der Waals surface area contributed by atoms with Gasteiger partial charge in [-0.15, -0.1) is 0 Å². The zero-order valence-electron chi connectivity index (χ0n) is 31.3. The molecule has 3 aromatic carbocycles. The average Bonchev–Trinajstić information content (AvgIpc) is 3.62. The van der Waals surface area contributed by atoms with E-state index in [1.165, 1.54) is 56.1 Å². The predicted octanol–water partition coefficient (Wildman–Crippen LogP) is 9.23. The highest BCUT2D eigenvalue weighted by Gasteiger charge is 2.50. The molecule has 0 aliphatic heterocycles. The number of hydrogen-bond acceptors (Lipinski definition) is 4. The van der Waals surface area contributed by atoms with Crippen molar-refractivity contribution in [1.29, 1.82) is 0 Å². The normalized spacial score (nSPS) is 28.8. The van der Waals surface area contributed by atoms with Crippen molar-refractivity contribution in [2.24, 2.45) is 35.3 Å². The van der Waals surface area contributed by atoms with E-state index in [1.807, 2.05) is 30.3 Å². The number of hydrogen-bond donors (Lipinski definition) is 4. The highest BCUT2D eigenvalue weighted by Crippen LogP contribution is 2.53. The Morgan fingerprint density at radius 3 is 2.43 bits per heavy atom. The number of carboxylic acids is 1. The molecule has 280 valence electrons. The Kier molecular flexibility index (Phi) is 11.9. The molecule has 0 unspecified atom stereocenters. The average molecular weight is 714 g/mol. The minimum absolute atomic E-state index is 0.113. The van der Waals surface area contributed by atoms with Crippen molar-refractivity contribution in [3.05, 3.63) is 124 Å². The summed E-state index contributed by atoms with van der Waals surface area (Å²) >= 11 is 0. The Morgan fingerprint density at radius 1 is 0.830 bits per heavy atom. The van der Waals surface area contributed by atoms with E-state index in [9.17, 15) is 20.1 Å². The highest BCUT2D eigenvalue weighted by atomic mass is 16.4. The van der Waals surface area contributed by atoms with Crippen LogP contribution in [0.5, 0.6) is 5.75 Å². The summed E-state index contributed by atoms with van der Waals surface area (Å²) in [5.41, 5.74) is 10.3. The fourth-order valence-electron chi connectivity index (χ4n) is 10.6. The lowest BCUT2D eigenvalue weighted by atomic mass is 9.55. The Bertz CT molecular complexity index is 1910. The van der Waals surface area contributed by atoms with E-state index in [4.69, 9.17) is 5.73 Å². The maximum Gasteiger partial charge on any atom is 0.307 e. The molecule has 1 fully saturated rings. The Hall–Kier alpha value is -4.09. The Morgan fingerprint density at radius 2 is 1.62 bits per heavy atom. The van der Waals surface area contributed by atoms with Crippen molar-refractivity contribution in [2.75, 3.05) is 6.54 Å². The number of unbranched alkanes of at least 4 members (excludes halogenated alkanes) is 3. The van der Waals surface area contributed by atoms with Crippen LogP contribution in [0.3, 0.4) is 0 Å². The molecule has 1 saturated carbocycles. The zero-order chi connectivity index (χ0) is 36.8. The lowest BCUT2D eigenvalue weighted by Gasteiger charge is -2.48. The van der Waals surface area contributed by atoms with Gasteiger partial charge in [-0.3, -0.25) is 4.79 Å². The first-order valence-corrected chi connectivity index (χ1v) is 20.5. The maximum absolute atomic E-state index is 13.3. The van der Waals surface area contributed by atoms with Crippen LogP contribution in [0.15, 0.2) is 96.6 Å². The van der Waals surface area contributed by atoms with Crippen LogP contribution in [-0.4, -0.2) is 27.8 Å². The molecule has 7 atom stereocenters. The summed E-state index contributed by atoms with van der Waals surface area (Å²) in [5, 5.41) is 34.8. The first kappa shape index (κ1) is 37.2. The van der Waals surface area contributed by atoms with Crippen LogP contribution in [0.25, 0.3) is 11.8 Å². The summed E-state index contributed by atoms with van der Waals surface area (Å²) in [6.45, 7) is 0.756. The summed E-state index contributed by atoms with van der Waals surface area (Å²) in [6, 6.07) is 24.7. The fraction of sp³-hybridized carbons (Fsp3) is 0.479. The van der Waals surface area contributed by atoms with Crippen molar-refractivity contribution in [1.82, 2.24) is 0 Å². The molecule has 5 nitrogen and oxygen atoms in total. The van der Waals surface area contributed by atoms with E-state index in [2.05, 4.69) is 66.8 Å². The second kappa shape index (κ2) is 16.9. The number of allylic oxidation sites excluding steroid dienone is 3. The van der Waals surface area contributed by atoms with Gasteiger partial charge in [-0.25, -0.2) is 0 Å². The largest absolute Gasteiger partial charge is 0.511 e. The second-order valence-electron chi connectivity index (χ2n) is 16.7. The van der Waals surface area contributed by atoms with Gasteiger partial charge >= 0.3 is 5.97 Å². The van der Waals surface area contributed by atoms with Crippen molar-refractivity contribution >= 4 is 17.8 Å². The van der Waals surface area contributed by atoms with Gasteiger partial charge < -0.3 is 21.1 Å². The fourth-order valence-corrected chi connectivity index (χ4v) is 10.6. The van der Waals surface area contributed by atoms with Crippen LogP contribution >= 0.6 is 0 Å². The van der Waals surface area contributed by atoms with E-state index in [0.29, 0.717) is 24.5 Å². The molecule has 5 N–H and O–H groups in total. The third kappa shape index (κ3) is 8.36. The molecule has 5 heteroatoms. The van der Waals surface area contributed by atoms with Crippen molar-refractivity contribution < 1.29 is 20.1 Å². The summed E-state index contributed by atoms with van der Waals surface area (Å²) in [7, 11) is 0. The number of carbonyl (C=O) groups is 1. The van der Waals surface area contributed by atoms with Gasteiger partial charge in [0, 0.05) is 16.6 Å². The van der Waals surface area contributed by atoms with Gasteiger partial charge in [0.1, 0.15) is 11.5 Å². The van der Waals surface area contributed by atoms with E-state index in [0.717, 1.165) is 67.0 Å².